The van der Waals surface area contributed by atoms with Crippen molar-refractivity contribution in [1.82, 2.24) is 14.9 Å². The summed E-state index contributed by atoms with van der Waals surface area (Å²) in [6.07, 6.45) is 3.96. The van der Waals surface area contributed by atoms with E-state index in [1.165, 1.54) is 16.7 Å². The summed E-state index contributed by atoms with van der Waals surface area (Å²) in [5.74, 6) is -0.976. The fourth-order valence-electron chi connectivity index (χ4n) is 3.18. The van der Waals surface area contributed by atoms with Crippen molar-refractivity contribution in [3.63, 3.8) is 0 Å². The summed E-state index contributed by atoms with van der Waals surface area (Å²) >= 11 is 0. The van der Waals surface area contributed by atoms with Gasteiger partial charge in [0.15, 0.2) is 5.69 Å². The van der Waals surface area contributed by atoms with Gasteiger partial charge in [0.05, 0.1) is 0 Å². The Morgan fingerprint density at radius 3 is 2.60 bits per heavy atom. The molecule has 0 bridgehead atoms. The zero-order chi connectivity index (χ0) is 18.0. The summed E-state index contributed by atoms with van der Waals surface area (Å²) < 4.78 is 14.2. The largest absolute Gasteiger partial charge is 0.501 e. The molecule has 1 aromatic carbocycles. The Hall–Kier alpha value is -2.70. The minimum atomic E-state index is -0.652. The zero-order valence-electron chi connectivity index (χ0n) is 14.0. The number of benzene rings is 1. The molecule has 3 rings (SSSR count). The number of nitrogens with one attached hydrogen (secondary N) is 1. The third-order valence-corrected chi connectivity index (χ3v) is 4.60. The Labute approximate surface area is 144 Å². The van der Waals surface area contributed by atoms with E-state index in [4.69, 9.17) is 0 Å². The lowest BCUT2D eigenvalue weighted by atomic mass is 10.1. The molecule has 1 aliphatic carbocycles. The van der Waals surface area contributed by atoms with Crippen LogP contribution in [0.2, 0.25) is 0 Å². The summed E-state index contributed by atoms with van der Waals surface area (Å²) in [4.78, 5) is 28.9. The lowest BCUT2D eigenvalue weighted by molar-refractivity contribution is 0.0941. The highest BCUT2D eigenvalue weighted by atomic mass is 19.1. The average Bonchev–Trinajstić information content (AvgIpc) is 3.13. The van der Waals surface area contributed by atoms with Crippen LogP contribution >= 0.6 is 0 Å². The summed E-state index contributed by atoms with van der Waals surface area (Å²) in [5.41, 5.74) is -0.176. The first kappa shape index (κ1) is 17.1. The molecule has 25 heavy (non-hydrogen) atoms. The van der Waals surface area contributed by atoms with Crippen molar-refractivity contribution in [3.05, 3.63) is 57.5 Å². The number of nitrogens with zero attached hydrogens (tertiary/aromatic N) is 2. The second kappa shape index (κ2) is 7.04. The molecule has 1 amide bonds. The van der Waals surface area contributed by atoms with Crippen molar-refractivity contribution in [2.75, 3.05) is 0 Å². The van der Waals surface area contributed by atoms with Crippen LogP contribution in [0.5, 0.6) is 5.75 Å². The van der Waals surface area contributed by atoms with Gasteiger partial charge in [-0.2, -0.15) is 0 Å². The molecule has 1 fully saturated rings. The molecule has 2 aromatic rings. The molecule has 7 heteroatoms. The maximum atomic E-state index is 12.9. The third-order valence-electron chi connectivity index (χ3n) is 4.60. The number of halogens is 1. The highest BCUT2D eigenvalue weighted by molar-refractivity contribution is 5.94. The maximum absolute atomic E-state index is 12.9. The van der Waals surface area contributed by atoms with Gasteiger partial charge < -0.3 is 10.4 Å². The predicted octanol–water partition coefficient (Wildman–Crippen LogP) is 2.21. The van der Waals surface area contributed by atoms with Crippen molar-refractivity contribution < 1.29 is 14.3 Å². The fraction of sp³-hybridized carbons (Fsp3) is 0.389. The number of hydrogen-bond donors (Lipinski definition) is 2. The Balaban J connectivity index is 1.83. The highest BCUT2D eigenvalue weighted by Gasteiger charge is 2.26. The zero-order valence-corrected chi connectivity index (χ0v) is 14.0. The van der Waals surface area contributed by atoms with Crippen LogP contribution in [-0.4, -0.2) is 20.6 Å². The second-order valence-electron chi connectivity index (χ2n) is 6.32. The lowest BCUT2D eigenvalue weighted by Gasteiger charge is -2.15. The van der Waals surface area contributed by atoms with Crippen LogP contribution in [0.15, 0.2) is 29.1 Å². The van der Waals surface area contributed by atoms with Crippen molar-refractivity contribution in [1.29, 1.82) is 0 Å². The monoisotopic (exact) mass is 345 g/mol. The number of aromatic nitrogens is 2. The van der Waals surface area contributed by atoms with E-state index >= 15 is 0 Å². The first-order valence-corrected chi connectivity index (χ1v) is 8.30. The minimum absolute atomic E-state index is 0.127. The summed E-state index contributed by atoms with van der Waals surface area (Å²) in [7, 11) is 1.56. The molecule has 0 aliphatic heterocycles. The maximum Gasteiger partial charge on any atom is 0.296 e. The number of hydrogen-bond acceptors (Lipinski definition) is 4. The molecule has 2 N–H and O–H groups in total. The van der Waals surface area contributed by atoms with Crippen molar-refractivity contribution in [3.8, 4) is 5.75 Å². The molecule has 0 unspecified atom stereocenters. The van der Waals surface area contributed by atoms with Gasteiger partial charge in [-0.15, -0.1) is 0 Å². The van der Waals surface area contributed by atoms with Gasteiger partial charge in [-0.3, -0.25) is 14.2 Å². The van der Waals surface area contributed by atoms with E-state index in [0.29, 0.717) is 11.4 Å². The third kappa shape index (κ3) is 3.55. The van der Waals surface area contributed by atoms with Crippen molar-refractivity contribution in [2.24, 2.45) is 7.05 Å². The molecule has 0 radical (unpaired) electrons. The Morgan fingerprint density at radius 1 is 1.32 bits per heavy atom. The molecule has 0 spiro atoms. The van der Waals surface area contributed by atoms with E-state index in [1.807, 2.05) is 0 Å². The minimum Gasteiger partial charge on any atom is -0.501 e. The van der Waals surface area contributed by atoms with Crippen LogP contribution in [0, 0.1) is 5.82 Å². The van der Waals surface area contributed by atoms with Crippen LogP contribution in [-0.2, 0) is 13.6 Å². The van der Waals surface area contributed by atoms with Gasteiger partial charge in [-0.25, -0.2) is 9.37 Å². The number of aromatic hydroxyl groups is 1. The second-order valence-corrected chi connectivity index (χ2v) is 6.32. The Morgan fingerprint density at radius 2 is 1.96 bits per heavy atom. The number of carbonyl (C=O) groups is 1. The van der Waals surface area contributed by atoms with E-state index in [9.17, 15) is 19.1 Å². The fourth-order valence-corrected chi connectivity index (χ4v) is 3.18. The molecule has 0 saturated heterocycles. The van der Waals surface area contributed by atoms with E-state index in [0.717, 1.165) is 25.7 Å². The SMILES string of the molecule is Cn1c(C2CCCC2)nc(C(=O)NCc2ccc(F)cc2)c(O)c1=O. The molecule has 1 aromatic heterocycles. The number of rotatable bonds is 4. The Bertz CT molecular complexity index is 840. The number of amides is 1. The van der Waals surface area contributed by atoms with Crippen molar-refractivity contribution in [2.45, 2.75) is 38.1 Å². The Kier molecular flexibility index (Phi) is 4.83. The lowest BCUT2D eigenvalue weighted by Crippen LogP contribution is -2.30. The number of carbonyl (C=O) groups excluding carboxylic acids is 1. The first-order valence-electron chi connectivity index (χ1n) is 8.30. The molecule has 1 aliphatic rings. The van der Waals surface area contributed by atoms with Gasteiger partial charge in [-0.05, 0) is 30.5 Å². The van der Waals surface area contributed by atoms with Gasteiger partial charge in [-0.1, -0.05) is 25.0 Å². The quantitative estimate of drug-likeness (QED) is 0.890. The van der Waals surface area contributed by atoms with E-state index in [1.54, 1.807) is 19.2 Å². The normalized spacial score (nSPS) is 14.6. The molecular formula is C18H20FN3O3. The molecule has 1 heterocycles. The summed E-state index contributed by atoms with van der Waals surface area (Å²) in [5, 5.41) is 12.7. The van der Waals surface area contributed by atoms with Crippen LogP contribution in [0.25, 0.3) is 0 Å². The summed E-state index contributed by atoms with van der Waals surface area (Å²) in [6.45, 7) is 0.147. The predicted molar refractivity (Wildman–Crippen MR) is 89.9 cm³/mol. The molecule has 1 saturated carbocycles. The smallest absolute Gasteiger partial charge is 0.296 e. The van der Waals surface area contributed by atoms with E-state index in [2.05, 4.69) is 10.3 Å². The van der Waals surface area contributed by atoms with Crippen LogP contribution < -0.4 is 10.9 Å². The van der Waals surface area contributed by atoms with Crippen LogP contribution in [0.4, 0.5) is 4.39 Å². The van der Waals surface area contributed by atoms with Crippen LogP contribution in [0.1, 0.15) is 53.5 Å². The van der Waals surface area contributed by atoms with Gasteiger partial charge in [0.25, 0.3) is 11.5 Å². The standard InChI is InChI=1S/C18H20FN3O3/c1-22-16(12-4-2-3-5-12)21-14(15(23)18(22)25)17(24)20-10-11-6-8-13(19)9-7-11/h6-9,12,23H,2-5,10H2,1H3,(H,20,24). The van der Waals surface area contributed by atoms with Gasteiger partial charge >= 0.3 is 0 Å². The van der Waals surface area contributed by atoms with Gasteiger partial charge in [0, 0.05) is 19.5 Å². The van der Waals surface area contributed by atoms with Crippen molar-refractivity contribution >= 4 is 5.91 Å². The van der Waals surface area contributed by atoms with Gasteiger partial charge in [0.2, 0.25) is 5.75 Å². The first-order chi connectivity index (χ1) is 12.0. The highest BCUT2D eigenvalue weighted by Crippen LogP contribution is 2.32. The molecule has 6 nitrogen and oxygen atoms in total. The van der Waals surface area contributed by atoms with Gasteiger partial charge in [0.1, 0.15) is 11.6 Å². The van der Waals surface area contributed by atoms with E-state index in [-0.39, 0.29) is 24.0 Å². The summed E-state index contributed by atoms with van der Waals surface area (Å²) in [6, 6.07) is 5.70. The molecular weight excluding hydrogens is 325 g/mol. The topological polar surface area (TPSA) is 84.2 Å². The van der Waals surface area contributed by atoms with Crippen LogP contribution in [0.3, 0.4) is 0 Å². The molecule has 132 valence electrons. The molecule has 0 atom stereocenters. The average molecular weight is 345 g/mol. The van der Waals surface area contributed by atoms with E-state index < -0.39 is 17.2 Å².